The minimum atomic E-state index is 0.438. The van der Waals surface area contributed by atoms with Crippen LogP contribution in [0, 0.1) is 10.5 Å². The zero-order chi connectivity index (χ0) is 17.1. The summed E-state index contributed by atoms with van der Waals surface area (Å²) < 4.78 is 1.16. The molecule has 24 heavy (non-hydrogen) atoms. The van der Waals surface area contributed by atoms with Gasteiger partial charge in [-0.2, -0.15) is 0 Å². The molecule has 4 N–H and O–H groups in total. The normalized spacial score (nSPS) is 10.5. The Hall–Kier alpha value is -2.06. The van der Waals surface area contributed by atoms with Gasteiger partial charge in [0.15, 0.2) is 11.6 Å². The van der Waals surface area contributed by atoms with Crippen LogP contribution in [0.3, 0.4) is 0 Å². The van der Waals surface area contributed by atoms with Crippen LogP contribution in [0.5, 0.6) is 0 Å². The van der Waals surface area contributed by atoms with Gasteiger partial charge in [-0.3, -0.25) is 0 Å². The number of rotatable bonds is 4. The summed E-state index contributed by atoms with van der Waals surface area (Å²) in [6, 6.07) is 13.7. The summed E-state index contributed by atoms with van der Waals surface area (Å²) in [4.78, 5) is 8.43. The molecule has 0 aliphatic heterocycles. The Bertz CT molecular complexity index is 867. The first-order valence-electron chi connectivity index (χ1n) is 7.19. The van der Waals surface area contributed by atoms with Crippen LogP contribution in [0.25, 0.3) is 0 Å². The van der Waals surface area contributed by atoms with Crippen molar-refractivity contribution in [3.8, 4) is 0 Å². The molecule has 0 saturated heterocycles. The highest BCUT2D eigenvalue weighted by Gasteiger charge is 2.09. The van der Waals surface area contributed by atoms with Crippen LogP contribution < -0.4 is 16.4 Å². The number of nitrogens with one attached hydrogen (secondary N) is 2. The summed E-state index contributed by atoms with van der Waals surface area (Å²) in [7, 11) is 0. The maximum Gasteiger partial charge on any atom is 0.159 e. The highest BCUT2D eigenvalue weighted by molar-refractivity contribution is 14.1. The third kappa shape index (κ3) is 3.88. The molecule has 0 fully saturated rings. The SMILES string of the molecule is Cc1ccc(Nc2ncnc(Nc3ccc(I)cc3)c2N)cc1Cl. The van der Waals surface area contributed by atoms with Crippen LogP contribution in [0.2, 0.25) is 5.02 Å². The first-order valence-corrected chi connectivity index (χ1v) is 8.65. The van der Waals surface area contributed by atoms with Crippen molar-refractivity contribution in [2.45, 2.75) is 6.92 Å². The molecule has 0 amide bonds. The van der Waals surface area contributed by atoms with E-state index in [4.69, 9.17) is 17.3 Å². The van der Waals surface area contributed by atoms with Gasteiger partial charge in [0.25, 0.3) is 0 Å². The molecule has 0 spiro atoms. The van der Waals surface area contributed by atoms with E-state index in [9.17, 15) is 0 Å². The quantitative estimate of drug-likeness (QED) is 0.481. The fourth-order valence-corrected chi connectivity index (χ4v) is 2.61. The Balaban J connectivity index is 1.84. The van der Waals surface area contributed by atoms with Crippen LogP contribution in [0.4, 0.5) is 28.7 Å². The predicted octanol–water partition coefficient (Wildman–Crippen LogP) is 5.11. The van der Waals surface area contributed by atoms with Crippen LogP contribution in [0.15, 0.2) is 48.8 Å². The molecule has 7 heteroatoms. The van der Waals surface area contributed by atoms with Gasteiger partial charge in [-0.15, -0.1) is 0 Å². The molecule has 0 bridgehead atoms. The molecule has 0 aliphatic rings. The maximum absolute atomic E-state index is 6.19. The lowest BCUT2D eigenvalue weighted by Gasteiger charge is -2.13. The van der Waals surface area contributed by atoms with E-state index in [1.165, 1.54) is 6.33 Å². The van der Waals surface area contributed by atoms with Crippen molar-refractivity contribution in [1.29, 1.82) is 0 Å². The van der Waals surface area contributed by atoms with Gasteiger partial charge >= 0.3 is 0 Å². The fourth-order valence-electron chi connectivity index (χ4n) is 2.07. The number of nitrogens with zero attached hydrogens (tertiary/aromatic N) is 2. The van der Waals surface area contributed by atoms with Gasteiger partial charge in [0.05, 0.1) is 0 Å². The molecule has 3 aromatic rings. The maximum atomic E-state index is 6.19. The van der Waals surface area contributed by atoms with Gasteiger partial charge in [-0.25, -0.2) is 9.97 Å². The van der Waals surface area contributed by atoms with Crippen molar-refractivity contribution < 1.29 is 0 Å². The average molecular weight is 452 g/mol. The third-order valence-corrected chi connectivity index (χ3v) is 4.55. The van der Waals surface area contributed by atoms with Crippen molar-refractivity contribution in [3.63, 3.8) is 0 Å². The number of hydrogen-bond acceptors (Lipinski definition) is 5. The van der Waals surface area contributed by atoms with E-state index in [2.05, 4.69) is 43.2 Å². The van der Waals surface area contributed by atoms with Crippen molar-refractivity contribution in [1.82, 2.24) is 9.97 Å². The number of nitrogen functional groups attached to an aromatic ring is 1. The highest BCUT2D eigenvalue weighted by atomic mass is 127. The van der Waals surface area contributed by atoms with E-state index in [-0.39, 0.29) is 0 Å². The molecule has 122 valence electrons. The van der Waals surface area contributed by atoms with E-state index >= 15 is 0 Å². The van der Waals surface area contributed by atoms with E-state index in [1.54, 1.807) is 0 Å². The minimum absolute atomic E-state index is 0.438. The number of aromatic nitrogens is 2. The molecule has 0 saturated carbocycles. The molecule has 0 radical (unpaired) electrons. The van der Waals surface area contributed by atoms with Crippen molar-refractivity contribution >= 4 is 62.9 Å². The summed E-state index contributed by atoms with van der Waals surface area (Å²) in [5.41, 5.74) is 9.37. The second kappa shape index (κ2) is 7.23. The minimum Gasteiger partial charge on any atom is -0.393 e. The summed E-state index contributed by atoms with van der Waals surface area (Å²) in [6.07, 6.45) is 1.46. The summed E-state index contributed by atoms with van der Waals surface area (Å²) in [5.74, 6) is 1.07. The molecule has 1 aromatic heterocycles. The Labute approximate surface area is 158 Å². The van der Waals surface area contributed by atoms with Gasteiger partial charge in [0, 0.05) is 20.0 Å². The zero-order valence-electron chi connectivity index (χ0n) is 12.8. The predicted molar refractivity (Wildman–Crippen MR) is 108 cm³/mol. The summed E-state index contributed by atoms with van der Waals surface area (Å²) in [5, 5.41) is 7.06. The topological polar surface area (TPSA) is 75.9 Å². The van der Waals surface area contributed by atoms with Crippen LogP contribution >= 0.6 is 34.2 Å². The van der Waals surface area contributed by atoms with Crippen LogP contribution in [-0.4, -0.2) is 9.97 Å². The number of nitrogens with two attached hydrogens (primary N) is 1. The van der Waals surface area contributed by atoms with Crippen LogP contribution in [-0.2, 0) is 0 Å². The Morgan fingerprint density at radius 2 is 1.54 bits per heavy atom. The molecule has 0 unspecified atom stereocenters. The number of aryl methyl sites for hydroxylation is 1. The third-order valence-electron chi connectivity index (χ3n) is 3.43. The zero-order valence-corrected chi connectivity index (χ0v) is 15.8. The van der Waals surface area contributed by atoms with Gasteiger partial charge in [-0.1, -0.05) is 17.7 Å². The second-order valence-corrected chi connectivity index (χ2v) is 6.86. The lowest BCUT2D eigenvalue weighted by molar-refractivity contribution is 1.17. The average Bonchev–Trinajstić information content (AvgIpc) is 2.57. The van der Waals surface area contributed by atoms with Crippen LogP contribution in [0.1, 0.15) is 5.56 Å². The van der Waals surface area contributed by atoms with Gasteiger partial charge in [0.1, 0.15) is 12.0 Å². The molecular weight excluding hydrogens is 437 g/mol. The number of benzene rings is 2. The monoisotopic (exact) mass is 451 g/mol. The first-order chi connectivity index (χ1) is 11.5. The fraction of sp³-hybridized carbons (Fsp3) is 0.0588. The van der Waals surface area contributed by atoms with Crippen molar-refractivity contribution in [3.05, 3.63) is 62.9 Å². The number of anilines is 5. The molecule has 1 heterocycles. The van der Waals surface area contributed by atoms with Crippen molar-refractivity contribution in [2.75, 3.05) is 16.4 Å². The second-order valence-electron chi connectivity index (χ2n) is 5.21. The van der Waals surface area contributed by atoms with Gasteiger partial charge in [0.2, 0.25) is 0 Å². The summed E-state index contributed by atoms with van der Waals surface area (Å²) in [6.45, 7) is 1.95. The number of hydrogen-bond donors (Lipinski definition) is 3. The lowest BCUT2D eigenvalue weighted by atomic mass is 10.2. The Morgan fingerprint density at radius 1 is 0.958 bits per heavy atom. The Kier molecular flexibility index (Phi) is 5.06. The lowest BCUT2D eigenvalue weighted by Crippen LogP contribution is -2.05. The largest absolute Gasteiger partial charge is 0.393 e. The van der Waals surface area contributed by atoms with E-state index in [0.717, 1.165) is 20.5 Å². The van der Waals surface area contributed by atoms with Gasteiger partial charge < -0.3 is 16.4 Å². The standard InChI is InChI=1S/C17H15ClIN5/c1-10-2-5-13(8-14(10)18)24-17-15(20)16(21-9-22-17)23-12-6-3-11(19)4-7-12/h2-9H,20H2,1H3,(H2,21,22,23,24). The Morgan fingerprint density at radius 3 is 2.17 bits per heavy atom. The molecule has 5 nitrogen and oxygen atoms in total. The molecule has 0 aliphatic carbocycles. The molecule has 2 aromatic carbocycles. The first kappa shape index (κ1) is 16.8. The van der Waals surface area contributed by atoms with E-state index < -0.39 is 0 Å². The number of halogens is 2. The highest BCUT2D eigenvalue weighted by Crippen LogP contribution is 2.29. The van der Waals surface area contributed by atoms with Crippen molar-refractivity contribution in [2.24, 2.45) is 0 Å². The van der Waals surface area contributed by atoms with E-state index in [0.29, 0.717) is 22.3 Å². The molecular formula is C17H15ClIN5. The van der Waals surface area contributed by atoms with Gasteiger partial charge in [-0.05, 0) is 71.5 Å². The smallest absolute Gasteiger partial charge is 0.159 e. The molecule has 0 atom stereocenters. The summed E-state index contributed by atoms with van der Waals surface area (Å²) >= 11 is 8.41. The molecule has 3 rings (SSSR count). The van der Waals surface area contributed by atoms with E-state index in [1.807, 2.05) is 49.4 Å².